The highest BCUT2D eigenvalue weighted by Gasteiger charge is 2.34. The van der Waals surface area contributed by atoms with Crippen LogP contribution in [0.5, 0.6) is 0 Å². The molecule has 0 atom stereocenters. The Labute approximate surface area is 159 Å². The molecule has 1 aliphatic rings. The van der Waals surface area contributed by atoms with Gasteiger partial charge in [0.25, 0.3) is 0 Å². The van der Waals surface area contributed by atoms with Gasteiger partial charge in [0.1, 0.15) is 5.82 Å². The van der Waals surface area contributed by atoms with Crippen LogP contribution < -0.4 is 10.2 Å². The van der Waals surface area contributed by atoms with Crippen LogP contribution in [0, 0.1) is 0 Å². The third-order valence-corrected chi connectivity index (χ3v) is 4.44. The van der Waals surface area contributed by atoms with Gasteiger partial charge in [-0.1, -0.05) is 11.6 Å². The van der Waals surface area contributed by atoms with E-state index in [0.717, 1.165) is 6.07 Å². The van der Waals surface area contributed by atoms with Gasteiger partial charge >= 0.3 is 6.18 Å². The quantitative estimate of drug-likeness (QED) is 0.855. The minimum Gasteiger partial charge on any atom is -0.340 e. The number of anilines is 3. The maximum atomic E-state index is 13.2. The molecule has 1 fully saturated rings. The predicted octanol–water partition coefficient (Wildman–Crippen LogP) is 3.56. The summed E-state index contributed by atoms with van der Waals surface area (Å²) in [5, 5.41) is 2.69. The molecule has 6 nitrogen and oxygen atoms in total. The maximum Gasteiger partial charge on any atom is 0.418 e. The molecule has 1 aromatic carbocycles. The fourth-order valence-electron chi connectivity index (χ4n) is 2.79. The molecular weight excluding hydrogens is 383 g/mol. The van der Waals surface area contributed by atoms with E-state index in [0.29, 0.717) is 32.1 Å². The maximum absolute atomic E-state index is 13.2. The highest BCUT2D eigenvalue weighted by molar-refractivity contribution is 6.30. The van der Waals surface area contributed by atoms with E-state index in [-0.39, 0.29) is 22.4 Å². The number of hydrogen-bond donors (Lipinski definition) is 1. The topological polar surface area (TPSA) is 61.4 Å². The molecule has 3 rings (SSSR count). The van der Waals surface area contributed by atoms with E-state index in [1.807, 2.05) is 4.90 Å². The number of rotatable bonds is 3. The van der Waals surface area contributed by atoms with Crippen molar-refractivity contribution in [3.05, 3.63) is 41.0 Å². The van der Waals surface area contributed by atoms with E-state index in [2.05, 4.69) is 15.3 Å². The first kappa shape index (κ1) is 19.2. The third kappa shape index (κ3) is 4.60. The van der Waals surface area contributed by atoms with Crippen LogP contribution in [0.3, 0.4) is 0 Å². The predicted molar refractivity (Wildman–Crippen MR) is 96.2 cm³/mol. The van der Waals surface area contributed by atoms with Gasteiger partial charge in [0.15, 0.2) is 0 Å². The highest BCUT2D eigenvalue weighted by atomic mass is 35.5. The van der Waals surface area contributed by atoms with Gasteiger partial charge in [-0.15, -0.1) is 0 Å². The molecule has 1 aliphatic heterocycles. The number of alkyl halides is 3. The van der Waals surface area contributed by atoms with Crippen molar-refractivity contribution >= 4 is 35.0 Å². The molecule has 2 heterocycles. The number of aromatic nitrogens is 2. The van der Waals surface area contributed by atoms with Gasteiger partial charge in [0.2, 0.25) is 11.9 Å². The van der Waals surface area contributed by atoms with Crippen molar-refractivity contribution in [2.45, 2.75) is 13.1 Å². The zero-order chi connectivity index (χ0) is 19.6. The van der Waals surface area contributed by atoms with E-state index < -0.39 is 11.7 Å². The van der Waals surface area contributed by atoms with Gasteiger partial charge < -0.3 is 15.1 Å². The fraction of sp³-hybridized carbons (Fsp3) is 0.353. The number of nitrogens with one attached hydrogen (secondary N) is 1. The third-order valence-electron chi connectivity index (χ3n) is 4.20. The second-order valence-electron chi connectivity index (χ2n) is 6.05. The van der Waals surface area contributed by atoms with Crippen LogP contribution in [0.15, 0.2) is 30.5 Å². The lowest BCUT2D eigenvalue weighted by atomic mass is 10.1. The number of nitrogens with zero attached hydrogens (tertiary/aromatic N) is 4. The number of carbonyl (C=O) groups excluding carboxylic acids is 1. The Bertz CT molecular complexity index is 838. The summed E-state index contributed by atoms with van der Waals surface area (Å²) in [4.78, 5) is 23.5. The van der Waals surface area contributed by atoms with Crippen molar-refractivity contribution < 1.29 is 18.0 Å². The van der Waals surface area contributed by atoms with E-state index in [1.165, 1.54) is 31.3 Å². The summed E-state index contributed by atoms with van der Waals surface area (Å²) in [5.41, 5.74) is -1.01. The number of halogens is 4. The second-order valence-corrected chi connectivity index (χ2v) is 6.48. The van der Waals surface area contributed by atoms with Crippen LogP contribution in [-0.4, -0.2) is 47.0 Å². The molecule has 2 aromatic rings. The lowest BCUT2D eigenvalue weighted by Crippen LogP contribution is -2.48. The summed E-state index contributed by atoms with van der Waals surface area (Å²) < 4.78 is 39.7. The number of benzene rings is 1. The number of piperazine rings is 1. The lowest BCUT2D eigenvalue weighted by molar-refractivity contribution is -0.137. The van der Waals surface area contributed by atoms with Crippen LogP contribution in [0.1, 0.15) is 12.5 Å². The Hall–Kier alpha value is -2.55. The Morgan fingerprint density at radius 1 is 1.19 bits per heavy atom. The molecule has 0 bridgehead atoms. The number of carbonyl (C=O) groups is 1. The molecule has 1 amide bonds. The van der Waals surface area contributed by atoms with E-state index >= 15 is 0 Å². The van der Waals surface area contributed by atoms with Gasteiger partial charge in [-0.2, -0.15) is 18.2 Å². The first-order chi connectivity index (χ1) is 12.7. The molecule has 0 aliphatic carbocycles. The van der Waals surface area contributed by atoms with Crippen LogP contribution >= 0.6 is 11.6 Å². The van der Waals surface area contributed by atoms with E-state index in [4.69, 9.17) is 11.6 Å². The summed E-state index contributed by atoms with van der Waals surface area (Å²) in [7, 11) is 0. The molecule has 1 N–H and O–H groups in total. The summed E-state index contributed by atoms with van der Waals surface area (Å²) in [6, 6.07) is 5.00. The minimum absolute atomic E-state index is 0.000376. The average Bonchev–Trinajstić information content (AvgIpc) is 2.63. The molecule has 1 aromatic heterocycles. The van der Waals surface area contributed by atoms with Crippen LogP contribution in [0.25, 0.3) is 0 Å². The Balaban J connectivity index is 1.79. The van der Waals surface area contributed by atoms with Gasteiger partial charge in [0, 0.05) is 44.3 Å². The molecule has 10 heteroatoms. The molecule has 144 valence electrons. The Kier molecular flexibility index (Phi) is 5.41. The Morgan fingerprint density at radius 3 is 2.52 bits per heavy atom. The van der Waals surface area contributed by atoms with Crippen molar-refractivity contribution in [3.63, 3.8) is 0 Å². The van der Waals surface area contributed by atoms with Gasteiger partial charge in [-0.05, 0) is 24.3 Å². The minimum atomic E-state index is -4.55. The molecule has 0 saturated carbocycles. The standard InChI is InChI=1S/C17H17ClF3N5O/c1-11(27)25-6-8-26(9-7-25)16-22-5-4-15(24-16)23-14-3-2-12(18)10-13(14)17(19,20)21/h2-5,10H,6-9H2,1H3,(H,22,23,24). The van der Waals surface area contributed by atoms with E-state index in [9.17, 15) is 18.0 Å². The van der Waals surface area contributed by atoms with Crippen molar-refractivity contribution in [3.8, 4) is 0 Å². The van der Waals surface area contributed by atoms with Crippen LogP contribution in [0.4, 0.5) is 30.6 Å². The van der Waals surface area contributed by atoms with Crippen molar-refractivity contribution in [1.82, 2.24) is 14.9 Å². The highest BCUT2D eigenvalue weighted by Crippen LogP contribution is 2.37. The van der Waals surface area contributed by atoms with Crippen LogP contribution in [0.2, 0.25) is 5.02 Å². The number of hydrogen-bond acceptors (Lipinski definition) is 5. The van der Waals surface area contributed by atoms with E-state index in [1.54, 1.807) is 4.90 Å². The van der Waals surface area contributed by atoms with Crippen molar-refractivity contribution in [2.75, 3.05) is 36.4 Å². The normalized spacial score (nSPS) is 15.0. The van der Waals surface area contributed by atoms with Crippen LogP contribution in [-0.2, 0) is 11.0 Å². The van der Waals surface area contributed by atoms with Gasteiger partial charge in [0.05, 0.1) is 11.3 Å². The number of amides is 1. The van der Waals surface area contributed by atoms with Crippen molar-refractivity contribution in [1.29, 1.82) is 0 Å². The molecule has 0 spiro atoms. The lowest BCUT2D eigenvalue weighted by Gasteiger charge is -2.34. The molecule has 0 unspecified atom stereocenters. The monoisotopic (exact) mass is 399 g/mol. The average molecular weight is 400 g/mol. The fourth-order valence-corrected chi connectivity index (χ4v) is 2.96. The first-order valence-corrected chi connectivity index (χ1v) is 8.59. The zero-order valence-corrected chi connectivity index (χ0v) is 15.2. The smallest absolute Gasteiger partial charge is 0.340 e. The molecule has 27 heavy (non-hydrogen) atoms. The van der Waals surface area contributed by atoms with Gasteiger partial charge in [-0.3, -0.25) is 4.79 Å². The summed E-state index contributed by atoms with van der Waals surface area (Å²) in [6.45, 7) is 3.72. The Morgan fingerprint density at radius 2 is 1.89 bits per heavy atom. The first-order valence-electron chi connectivity index (χ1n) is 8.21. The zero-order valence-electron chi connectivity index (χ0n) is 14.4. The summed E-state index contributed by atoms with van der Waals surface area (Å²) >= 11 is 5.70. The largest absolute Gasteiger partial charge is 0.418 e. The molecule has 1 saturated heterocycles. The van der Waals surface area contributed by atoms with Crippen molar-refractivity contribution in [2.24, 2.45) is 0 Å². The van der Waals surface area contributed by atoms with Gasteiger partial charge in [-0.25, -0.2) is 4.98 Å². The molecule has 0 radical (unpaired) electrons. The molecular formula is C17H17ClF3N5O. The SMILES string of the molecule is CC(=O)N1CCN(c2nccc(Nc3ccc(Cl)cc3C(F)(F)F)n2)CC1. The summed E-state index contributed by atoms with van der Waals surface area (Å²) in [6.07, 6.45) is -3.07. The summed E-state index contributed by atoms with van der Waals surface area (Å²) in [5.74, 6) is 0.640. The second kappa shape index (κ2) is 7.59.